The molecule has 2 N–H and O–H groups in total. The molecule has 0 fully saturated rings. The molecule has 0 radical (unpaired) electrons. The summed E-state index contributed by atoms with van der Waals surface area (Å²) in [5.74, 6) is 0.461. The number of nitrogens with one attached hydrogen (secondary N) is 2. The number of carbonyl (C=O) groups excluding carboxylic acids is 1. The number of ether oxygens (including phenoxy) is 1. The van der Waals surface area contributed by atoms with Gasteiger partial charge in [0.1, 0.15) is 4.21 Å². The second kappa shape index (κ2) is 10.6. The van der Waals surface area contributed by atoms with E-state index in [1.165, 1.54) is 11.3 Å². The van der Waals surface area contributed by atoms with E-state index in [4.69, 9.17) is 4.74 Å². The van der Waals surface area contributed by atoms with Crippen LogP contribution in [-0.2, 0) is 35.8 Å². The number of thiophene rings is 1. The van der Waals surface area contributed by atoms with Crippen LogP contribution < -0.4 is 44.3 Å². The summed E-state index contributed by atoms with van der Waals surface area (Å²) in [5, 5.41) is 2.85. The van der Waals surface area contributed by atoms with E-state index in [0.29, 0.717) is 18.1 Å². The molecule has 0 atom stereocenters. The summed E-state index contributed by atoms with van der Waals surface area (Å²) in [4.78, 5) is 20.3. The number of rotatable bonds is 5. The number of nitrogens with zero attached hydrogens (tertiary/aromatic N) is 2. The van der Waals surface area contributed by atoms with E-state index in [9.17, 15) is 13.2 Å². The minimum absolute atomic E-state index is 0. The minimum Gasteiger partial charge on any atom is -1.00 e. The third-order valence-electron chi connectivity index (χ3n) is 6.30. The van der Waals surface area contributed by atoms with Crippen molar-refractivity contribution < 1.29 is 48.9 Å². The van der Waals surface area contributed by atoms with Gasteiger partial charge in [0, 0.05) is 35.8 Å². The number of urea groups is 1. The van der Waals surface area contributed by atoms with Crippen molar-refractivity contribution in [1.29, 1.82) is 0 Å². The van der Waals surface area contributed by atoms with E-state index >= 15 is 0 Å². The average Bonchev–Trinajstić information content (AvgIpc) is 3.46. The van der Waals surface area contributed by atoms with Crippen LogP contribution in [0.4, 0.5) is 10.5 Å². The van der Waals surface area contributed by atoms with E-state index < -0.39 is 16.1 Å². The van der Waals surface area contributed by atoms with E-state index in [0.717, 1.165) is 64.9 Å². The molecule has 0 saturated carbocycles. The molecule has 2 aliphatic rings. The predicted octanol–water partition coefficient (Wildman–Crippen LogP) is 0.922. The molecule has 1 aliphatic heterocycles. The third-order valence-corrected chi connectivity index (χ3v) is 9.34. The van der Waals surface area contributed by atoms with Crippen molar-refractivity contribution in [3.8, 4) is 17.0 Å². The number of benzene rings is 1. The topological polar surface area (TPSA) is 101 Å². The molecule has 0 spiro atoms. The Labute approximate surface area is 232 Å². The predicted molar refractivity (Wildman–Crippen MR) is 133 cm³/mol. The second-order valence-electron chi connectivity index (χ2n) is 8.63. The summed E-state index contributed by atoms with van der Waals surface area (Å²) in [6, 6.07) is 8.56. The standard InChI is InChI=1S/C24H26N4O4S2.Na.H/c1-28-11-9-20-17(14-28)13-22(33-20)34(30,31)27-24(29)26-23-18-5-3-4-15(18)6-7-19(23)16-8-10-25-21(12-16)32-2;;/h6-8,10,12-13H,3-5,9,11,14H2,1-2H3,(H2,26,27,29);;/q;+1;-1. The quantitative estimate of drug-likeness (QED) is 0.484. The molecule has 0 unspecified atom stereocenters. The van der Waals surface area contributed by atoms with Crippen LogP contribution in [0.1, 0.15) is 29.4 Å². The van der Waals surface area contributed by atoms with Gasteiger partial charge in [-0.05, 0) is 67.1 Å². The van der Waals surface area contributed by atoms with E-state index in [-0.39, 0.29) is 35.2 Å². The SMILES string of the molecule is COc1cc(-c2ccc3c(c2NC(=O)NS(=O)(=O)c2cc4c(s2)CCN(C)C4)CCC3)ccn1.[H-].[Na+]. The molecule has 0 bridgehead atoms. The fourth-order valence-corrected chi connectivity index (χ4v) is 7.08. The van der Waals surface area contributed by atoms with Crippen molar-refractivity contribution in [1.82, 2.24) is 14.6 Å². The zero-order valence-electron chi connectivity index (χ0n) is 21.1. The number of hydrogen-bond acceptors (Lipinski definition) is 7. The number of pyridine rings is 1. The van der Waals surface area contributed by atoms with Crippen molar-refractivity contribution >= 4 is 33.1 Å². The van der Waals surface area contributed by atoms with Gasteiger partial charge in [-0.2, -0.15) is 0 Å². The van der Waals surface area contributed by atoms with Crippen molar-refractivity contribution in [2.24, 2.45) is 0 Å². The Bertz CT molecular complexity index is 1380. The Morgan fingerprint density at radius 1 is 1.17 bits per heavy atom. The first-order valence-corrected chi connectivity index (χ1v) is 13.4. The van der Waals surface area contributed by atoms with Gasteiger partial charge in [0.15, 0.2) is 0 Å². The van der Waals surface area contributed by atoms with Gasteiger partial charge in [-0.1, -0.05) is 12.1 Å². The van der Waals surface area contributed by atoms with Crippen LogP contribution in [-0.4, -0.2) is 45.0 Å². The molecule has 0 saturated heterocycles. The Morgan fingerprint density at radius 3 is 2.80 bits per heavy atom. The number of aromatic nitrogens is 1. The molecule has 2 amide bonds. The van der Waals surface area contributed by atoms with Crippen LogP contribution in [0.3, 0.4) is 0 Å². The molecule has 3 heterocycles. The summed E-state index contributed by atoms with van der Waals surface area (Å²) in [7, 11) is -0.428. The first-order chi connectivity index (χ1) is 16.3. The first-order valence-electron chi connectivity index (χ1n) is 11.1. The average molecular weight is 523 g/mol. The Balaban J connectivity index is 0.00000180. The van der Waals surface area contributed by atoms with Gasteiger partial charge in [0.2, 0.25) is 5.88 Å². The van der Waals surface area contributed by atoms with Gasteiger partial charge in [-0.25, -0.2) is 22.9 Å². The molecule has 180 valence electrons. The molecule has 35 heavy (non-hydrogen) atoms. The normalized spacial score (nSPS) is 15.0. The fourth-order valence-electron chi connectivity index (χ4n) is 4.63. The molecule has 1 aliphatic carbocycles. The van der Waals surface area contributed by atoms with Crippen molar-refractivity contribution in [3.63, 3.8) is 0 Å². The number of methoxy groups -OCH3 is 1. The van der Waals surface area contributed by atoms with Gasteiger partial charge in [0.05, 0.1) is 12.8 Å². The van der Waals surface area contributed by atoms with Gasteiger partial charge in [-0.15, -0.1) is 11.3 Å². The molecule has 3 aromatic rings. The van der Waals surface area contributed by atoms with Crippen LogP contribution in [0, 0.1) is 0 Å². The zero-order chi connectivity index (χ0) is 23.9. The van der Waals surface area contributed by atoms with Gasteiger partial charge in [0.25, 0.3) is 10.0 Å². The van der Waals surface area contributed by atoms with Crippen molar-refractivity contribution in [3.05, 3.63) is 58.1 Å². The maximum atomic E-state index is 13.0. The number of sulfonamides is 1. The first kappa shape index (κ1) is 26.1. The molecule has 8 nitrogen and oxygen atoms in total. The number of hydrogen-bond donors (Lipinski definition) is 2. The second-order valence-corrected chi connectivity index (χ2v) is 11.7. The molecule has 5 rings (SSSR count). The third kappa shape index (κ3) is 5.42. The van der Waals surface area contributed by atoms with Crippen LogP contribution >= 0.6 is 11.3 Å². The number of carbonyl (C=O) groups is 1. The summed E-state index contributed by atoms with van der Waals surface area (Å²) < 4.78 is 33.6. The summed E-state index contributed by atoms with van der Waals surface area (Å²) in [6.45, 7) is 1.60. The number of anilines is 1. The van der Waals surface area contributed by atoms with Crippen LogP contribution in [0.5, 0.6) is 5.88 Å². The van der Waals surface area contributed by atoms with Gasteiger partial charge >= 0.3 is 35.6 Å². The molecule has 2 aromatic heterocycles. The number of aryl methyl sites for hydroxylation is 1. The number of amides is 2. The fraction of sp³-hybridized carbons (Fsp3) is 0.333. The van der Waals surface area contributed by atoms with E-state index in [2.05, 4.69) is 26.0 Å². The summed E-state index contributed by atoms with van der Waals surface area (Å²) in [5.41, 5.74) is 5.46. The smallest absolute Gasteiger partial charge is 1.00 e. The van der Waals surface area contributed by atoms with Crippen LogP contribution in [0.15, 0.2) is 40.7 Å². The molecule has 1 aromatic carbocycles. The zero-order valence-corrected chi connectivity index (χ0v) is 23.7. The Morgan fingerprint density at radius 2 is 2.00 bits per heavy atom. The summed E-state index contributed by atoms with van der Waals surface area (Å²) >= 11 is 1.24. The monoisotopic (exact) mass is 522 g/mol. The van der Waals surface area contributed by atoms with Gasteiger partial charge in [-0.3, -0.25) is 0 Å². The van der Waals surface area contributed by atoms with Crippen LogP contribution in [0.2, 0.25) is 0 Å². The maximum absolute atomic E-state index is 13.0. The molecular weight excluding hydrogens is 495 g/mol. The molecular formula is C24H27N4NaO4S2. The maximum Gasteiger partial charge on any atom is 1.00 e. The van der Waals surface area contributed by atoms with Crippen molar-refractivity contribution in [2.75, 3.05) is 26.0 Å². The van der Waals surface area contributed by atoms with Gasteiger partial charge < -0.3 is 16.4 Å². The van der Waals surface area contributed by atoms with E-state index in [1.807, 2.05) is 19.2 Å². The van der Waals surface area contributed by atoms with E-state index in [1.54, 1.807) is 25.4 Å². The largest absolute Gasteiger partial charge is 1.00 e. The Kier molecular flexibility index (Phi) is 7.89. The van der Waals surface area contributed by atoms with Crippen molar-refractivity contribution in [2.45, 2.75) is 36.4 Å². The minimum atomic E-state index is -3.99. The number of fused-ring (bicyclic) bond motifs is 2. The van der Waals surface area contributed by atoms with Crippen LogP contribution in [0.25, 0.3) is 11.1 Å². The number of likely N-dealkylation sites (N-methyl/N-ethyl adjacent to an activating group) is 1. The Hall–Kier alpha value is -1.95. The molecule has 11 heteroatoms. The summed E-state index contributed by atoms with van der Waals surface area (Å²) in [6.07, 6.45) is 5.19.